The van der Waals surface area contributed by atoms with Gasteiger partial charge in [0.15, 0.2) is 18.1 Å². The maximum absolute atomic E-state index is 12.1. The molecule has 2 aromatic rings. The molecule has 1 aromatic carbocycles. The Bertz CT molecular complexity index is 839. The van der Waals surface area contributed by atoms with Crippen molar-refractivity contribution in [3.63, 3.8) is 0 Å². The van der Waals surface area contributed by atoms with E-state index in [0.29, 0.717) is 29.4 Å². The molecule has 0 bridgehead atoms. The quantitative estimate of drug-likeness (QED) is 0.761. The van der Waals surface area contributed by atoms with Gasteiger partial charge in [-0.1, -0.05) is 6.42 Å². The summed E-state index contributed by atoms with van der Waals surface area (Å²) in [6.45, 7) is -0.338. The van der Waals surface area contributed by atoms with Crippen molar-refractivity contribution in [3.8, 4) is 11.5 Å². The number of anilines is 1. The summed E-state index contributed by atoms with van der Waals surface area (Å²) < 4.78 is 22.2. The molecule has 7 heteroatoms. The summed E-state index contributed by atoms with van der Waals surface area (Å²) in [7, 11) is 0. The van der Waals surface area contributed by atoms with Crippen molar-refractivity contribution in [2.75, 3.05) is 11.9 Å². The van der Waals surface area contributed by atoms with E-state index in [1.807, 2.05) is 0 Å². The number of amides is 1. The number of hydrogen-bond acceptors (Lipinski definition) is 6. The molecule has 0 atom stereocenters. The highest BCUT2D eigenvalue weighted by molar-refractivity contribution is 5.93. The number of benzene rings is 1. The van der Waals surface area contributed by atoms with Gasteiger partial charge in [-0.3, -0.25) is 9.59 Å². The fourth-order valence-corrected chi connectivity index (χ4v) is 3.56. The fraction of sp³-hybridized carbons (Fsp3) is 0.429. The number of esters is 1. The van der Waals surface area contributed by atoms with Gasteiger partial charge in [-0.05, 0) is 37.1 Å². The van der Waals surface area contributed by atoms with Crippen LogP contribution in [0.2, 0.25) is 0 Å². The lowest BCUT2D eigenvalue weighted by atomic mass is 9.94. The second-order valence-electron chi connectivity index (χ2n) is 7.13. The SMILES string of the molecule is O=C(COC(=O)CCc1ccco1)Nc1ccc2c(c1)OC1(CCCCC1)O2. The van der Waals surface area contributed by atoms with Crippen molar-refractivity contribution in [3.05, 3.63) is 42.4 Å². The molecule has 0 unspecified atom stereocenters. The highest BCUT2D eigenvalue weighted by Gasteiger charge is 2.42. The van der Waals surface area contributed by atoms with Crippen molar-refractivity contribution in [1.29, 1.82) is 0 Å². The van der Waals surface area contributed by atoms with E-state index >= 15 is 0 Å². The summed E-state index contributed by atoms with van der Waals surface area (Å²) in [6, 6.07) is 8.84. The molecule has 1 fully saturated rings. The topological polar surface area (TPSA) is 87.0 Å². The molecule has 1 N–H and O–H groups in total. The van der Waals surface area contributed by atoms with E-state index in [0.717, 1.165) is 25.7 Å². The molecule has 0 saturated heterocycles. The number of carbonyl (C=O) groups is 2. The van der Waals surface area contributed by atoms with Gasteiger partial charge in [0.25, 0.3) is 11.7 Å². The number of fused-ring (bicyclic) bond motifs is 1. The van der Waals surface area contributed by atoms with Crippen LogP contribution < -0.4 is 14.8 Å². The van der Waals surface area contributed by atoms with Crippen molar-refractivity contribution in [2.45, 2.75) is 50.7 Å². The fourth-order valence-electron chi connectivity index (χ4n) is 3.56. The van der Waals surface area contributed by atoms with Gasteiger partial charge in [-0.15, -0.1) is 0 Å². The summed E-state index contributed by atoms with van der Waals surface area (Å²) in [4.78, 5) is 23.8. The zero-order chi connectivity index (χ0) is 19.4. The van der Waals surface area contributed by atoms with Crippen LogP contribution in [0.15, 0.2) is 41.0 Å². The van der Waals surface area contributed by atoms with E-state index in [1.54, 1.807) is 36.6 Å². The summed E-state index contributed by atoms with van der Waals surface area (Å²) in [6.07, 6.45) is 7.27. The zero-order valence-corrected chi connectivity index (χ0v) is 15.6. The minimum atomic E-state index is -0.549. The van der Waals surface area contributed by atoms with E-state index < -0.39 is 17.7 Å². The molecule has 2 aliphatic rings. The predicted molar refractivity (Wildman–Crippen MR) is 100 cm³/mol. The van der Waals surface area contributed by atoms with E-state index in [9.17, 15) is 9.59 Å². The minimum absolute atomic E-state index is 0.160. The van der Waals surface area contributed by atoms with Crippen molar-refractivity contribution >= 4 is 17.6 Å². The Morgan fingerprint density at radius 2 is 1.89 bits per heavy atom. The molecule has 4 rings (SSSR count). The number of aryl methyl sites for hydroxylation is 1. The van der Waals surface area contributed by atoms with Crippen LogP contribution in [-0.2, 0) is 20.7 Å². The summed E-state index contributed by atoms with van der Waals surface area (Å²) in [5.74, 6) is 0.637. The first-order chi connectivity index (χ1) is 13.6. The van der Waals surface area contributed by atoms with Crippen LogP contribution in [0.3, 0.4) is 0 Å². The Balaban J connectivity index is 1.25. The molecule has 1 aliphatic carbocycles. The number of ether oxygens (including phenoxy) is 3. The third-order valence-electron chi connectivity index (χ3n) is 4.95. The maximum atomic E-state index is 12.1. The molecule has 1 saturated carbocycles. The number of nitrogens with one attached hydrogen (secondary N) is 1. The minimum Gasteiger partial charge on any atom is -0.469 e. The molecule has 0 radical (unpaired) electrons. The molecular formula is C21H23NO6. The third kappa shape index (κ3) is 4.30. The van der Waals surface area contributed by atoms with Crippen molar-refractivity contribution < 1.29 is 28.2 Å². The molecule has 1 aromatic heterocycles. The Hall–Kier alpha value is -2.96. The lowest BCUT2D eigenvalue weighted by Gasteiger charge is -2.31. The normalized spacial score (nSPS) is 16.7. The number of rotatable bonds is 6. The van der Waals surface area contributed by atoms with Crippen LogP contribution in [0, 0.1) is 0 Å². The highest BCUT2D eigenvalue weighted by atomic mass is 16.7. The standard InChI is InChI=1S/C21H23NO6/c23-19(14-26-20(24)9-7-16-5-4-12-25-16)22-15-6-8-17-18(13-15)28-21(27-17)10-2-1-3-11-21/h4-6,8,12-13H,1-3,7,9-11,14H2,(H,22,23). The molecule has 28 heavy (non-hydrogen) atoms. The average Bonchev–Trinajstić information content (AvgIpc) is 3.32. The Morgan fingerprint density at radius 3 is 2.68 bits per heavy atom. The van der Waals surface area contributed by atoms with Crippen molar-refractivity contribution in [2.24, 2.45) is 0 Å². The summed E-state index contributed by atoms with van der Waals surface area (Å²) in [5.41, 5.74) is 0.576. The number of carbonyl (C=O) groups excluding carboxylic acids is 2. The first-order valence-corrected chi connectivity index (χ1v) is 9.62. The van der Waals surface area contributed by atoms with Crippen LogP contribution in [0.5, 0.6) is 11.5 Å². The first-order valence-electron chi connectivity index (χ1n) is 9.62. The highest BCUT2D eigenvalue weighted by Crippen LogP contribution is 2.46. The molecule has 1 amide bonds. The van der Waals surface area contributed by atoms with Gasteiger partial charge >= 0.3 is 5.97 Å². The van der Waals surface area contributed by atoms with Gasteiger partial charge in [-0.25, -0.2) is 0 Å². The van der Waals surface area contributed by atoms with Gasteiger partial charge in [0, 0.05) is 31.0 Å². The van der Waals surface area contributed by atoms with Crippen molar-refractivity contribution in [1.82, 2.24) is 0 Å². The molecule has 148 valence electrons. The molecule has 2 heterocycles. The summed E-state index contributed by atoms with van der Waals surface area (Å²) >= 11 is 0. The van der Waals surface area contributed by atoms with Gasteiger partial charge in [0.05, 0.1) is 12.7 Å². The monoisotopic (exact) mass is 385 g/mol. The lowest BCUT2D eigenvalue weighted by molar-refractivity contribution is -0.147. The smallest absolute Gasteiger partial charge is 0.306 e. The third-order valence-corrected chi connectivity index (χ3v) is 4.95. The van der Waals surface area contributed by atoms with Gasteiger partial charge < -0.3 is 23.9 Å². The Morgan fingerprint density at radius 1 is 1.07 bits per heavy atom. The maximum Gasteiger partial charge on any atom is 0.306 e. The lowest BCUT2D eigenvalue weighted by Crippen LogP contribution is -2.40. The Kier molecular flexibility index (Phi) is 5.23. The van der Waals surface area contributed by atoms with Gasteiger partial charge in [-0.2, -0.15) is 0 Å². The van der Waals surface area contributed by atoms with Gasteiger partial charge in [0.2, 0.25) is 0 Å². The second kappa shape index (κ2) is 7.96. The number of furan rings is 1. The van der Waals surface area contributed by atoms with Crippen LogP contribution in [-0.4, -0.2) is 24.3 Å². The van der Waals surface area contributed by atoms with Crippen LogP contribution >= 0.6 is 0 Å². The van der Waals surface area contributed by atoms with E-state index in [4.69, 9.17) is 18.6 Å². The molecule has 1 spiro atoms. The molecule has 1 aliphatic heterocycles. The average molecular weight is 385 g/mol. The predicted octanol–water partition coefficient (Wildman–Crippen LogP) is 3.83. The second-order valence-corrected chi connectivity index (χ2v) is 7.13. The zero-order valence-electron chi connectivity index (χ0n) is 15.6. The van der Waals surface area contributed by atoms with E-state index in [1.165, 1.54) is 6.42 Å². The van der Waals surface area contributed by atoms with Gasteiger partial charge in [0.1, 0.15) is 5.76 Å². The first kappa shape index (κ1) is 18.4. The summed E-state index contributed by atoms with van der Waals surface area (Å²) in [5, 5.41) is 2.72. The Labute approximate surface area is 162 Å². The van der Waals surface area contributed by atoms with E-state index in [-0.39, 0.29) is 13.0 Å². The van der Waals surface area contributed by atoms with Crippen LogP contribution in [0.4, 0.5) is 5.69 Å². The molecule has 7 nitrogen and oxygen atoms in total. The van der Waals surface area contributed by atoms with E-state index in [2.05, 4.69) is 5.32 Å². The van der Waals surface area contributed by atoms with Crippen LogP contribution in [0.1, 0.15) is 44.3 Å². The number of hydrogen-bond donors (Lipinski definition) is 1. The molecular weight excluding hydrogens is 362 g/mol. The largest absolute Gasteiger partial charge is 0.469 e. The van der Waals surface area contributed by atoms with Crippen LogP contribution in [0.25, 0.3) is 0 Å².